The third-order valence-corrected chi connectivity index (χ3v) is 4.60. The standard InChI is InChI=1S/C19H21NO2S.2C2H6/c1-13-10-14(2)19(20(15(3)21)16(4)22)18(11-13)23-12-17-8-6-5-7-9-17;2*1-2/h5-11H,12H2,1-4H3;2*1-2H3. The summed E-state index contributed by atoms with van der Waals surface area (Å²) in [6.07, 6.45) is 0. The molecule has 0 bridgehead atoms. The zero-order valence-electron chi connectivity index (χ0n) is 17.9. The molecule has 0 spiro atoms. The summed E-state index contributed by atoms with van der Waals surface area (Å²) in [7, 11) is 0. The second-order valence-corrected chi connectivity index (χ2v) is 6.59. The maximum Gasteiger partial charge on any atom is 0.230 e. The Morgan fingerprint density at radius 3 is 1.89 bits per heavy atom. The molecule has 4 heteroatoms. The minimum atomic E-state index is -0.258. The van der Waals surface area contributed by atoms with Gasteiger partial charge in [0.05, 0.1) is 5.69 Å². The number of imide groups is 1. The van der Waals surface area contributed by atoms with Gasteiger partial charge in [-0.05, 0) is 36.6 Å². The molecule has 148 valence electrons. The van der Waals surface area contributed by atoms with E-state index in [9.17, 15) is 9.59 Å². The summed E-state index contributed by atoms with van der Waals surface area (Å²) >= 11 is 1.65. The molecule has 0 saturated carbocycles. The van der Waals surface area contributed by atoms with Gasteiger partial charge in [0.2, 0.25) is 11.8 Å². The number of carbonyl (C=O) groups excluding carboxylic acids is 2. The van der Waals surface area contributed by atoms with Crippen molar-refractivity contribution in [1.29, 1.82) is 0 Å². The summed E-state index contributed by atoms with van der Waals surface area (Å²) in [6.45, 7) is 14.8. The molecule has 0 aliphatic heterocycles. The fourth-order valence-electron chi connectivity index (χ4n) is 2.59. The van der Waals surface area contributed by atoms with Crippen molar-refractivity contribution < 1.29 is 9.59 Å². The van der Waals surface area contributed by atoms with Gasteiger partial charge < -0.3 is 0 Å². The molecule has 0 saturated heterocycles. The number of rotatable bonds is 4. The summed E-state index contributed by atoms with van der Waals surface area (Å²) in [6, 6.07) is 14.2. The number of hydrogen-bond donors (Lipinski definition) is 0. The van der Waals surface area contributed by atoms with Crippen LogP contribution in [0.2, 0.25) is 0 Å². The van der Waals surface area contributed by atoms with E-state index in [-0.39, 0.29) is 11.8 Å². The first-order valence-corrected chi connectivity index (χ1v) is 10.5. The van der Waals surface area contributed by atoms with Crippen LogP contribution in [-0.4, -0.2) is 11.8 Å². The molecule has 2 amide bonds. The highest BCUT2D eigenvalue weighted by Crippen LogP contribution is 2.36. The van der Waals surface area contributed by atoms with Gasteiger partial charge in [0.15, 0.2) is 0 Å². The van der Waals surface area contributed by atoms with Crippen molar-refractivity contribution in [2.45, 2.75) is 66.0 Å². The molecule has 0 fully saturated rings. The summed E-state index contributed by atoms with van der Waals surface area (Å²) in [5.41, 5.74) is 3.97. The Morgan fingerprint density at radius 1 is 0.889 bits per heavy atom. The average molecular weight is 388 g/mol. The molecular weight excluding hydrogens is 354 g/mol. The van der Waals surface area contributed by atoms with Crippen molar-refractivity contribution in [3.63, 3.8) is 0 Å². The number of aryl methyl sites for hydroxylation is 2. The summed E-state index contributed by atoms with van der Waals surface area (Å²) in [4.78, 5) is 26.1. The van der Waals surface area contributed by atoms with Gasteiger partial charge in [-0.15, -0.1) is 11.8 Å². The largest absolute Gasteiger partial charge is 0.274 e. The molecule has 2 aromatic rings. The van der Waals surface area contributed by atoms with Crippen molar-refractivity contribution in [1.82, 2.24) is 0 Å². The zero-order chi connectivity index (χ0) is 21.0. The molecular formula is C23H33NO2S. The number of anilines is 1. The predicted molar refractivity (Wildman–Crippen MR) is 118 cm³/mol. The third kappa shape index (κ3) is 7.59. The maximum atomic E-state index is 11.9. The quantitative estimate of drug-likeness (QED) is 0.558. The van der Waals surface area contributed by atoms with Crippen molar-refractivity contribution in [3.05, 3.63) is 59.2 Å². The molecule has 0 N–H and O–H groups in total. The molecule has 0 atom stereocenters. The molecule has 0 radical (unpaired) electrons. The number of thioether (sulfide) groups is 1. The van der Waals surface area contributed by atoms with Gasteiger partial charge in [0, 0.05) is 24.5 Å². The molecule has 3 nitrogen and oxygen atoms in total. The van der Waals surface area contributed by atoms with Crippen LogP contribution in [-0.2, 0) is 15.3 Å². The van der Waals surface area contributed by atoms with Gasteiger partial charge in [-0.25, -0.2) is 4.90 Å². The predicted octanol–water partition coefficient (Wildman–Crippen LogP) is 6.55. The Morgan fingerprint density at radius 2 is 1.41 bits per heavy atom. The van der Waals surface area contributed by atoms with Gasteiger partial charge >= 0.3 is 0 Å². The van der Waals surface area contributed by atoms with Crippen LogP contribution in [0.1, 0.15) is 58.2 Å². The first kappa shape index (κ1) is 24.9. The van der Waals surface area contributed by atoms with Gasteiger partial charge in [-0.1, -0.05) is 64.1 Å². The van der Waals surface area contributed by atoms with E-state index >= 15 is 0 Å². The van der Waals surface area contributed by atoms with Gasteiger partial charge in [0.1, 0.15) is 0 Å². The minimum absolute atomic E-state index is 0.258. The lowest BCUT2D eigenvalue weighted by molar-refractivity contribution is -0.124. The molecule has 27 heavy (non-hydrogen) atoms. The van der Waals surface area contributed by atoms with Crippen molar-refractivity contribution in [2.24, 2.45) is 0 Å². The van der Waals surface area contributed by atoms with Crippen LogP contribution in [0.3, 0.4) is 0 Å². The van der Waals surface area contributed by atoms with E-state index in [1.807, 2.05) is 71.9 Å². The lowest BCUT2D eigenvalue weighted by Gasteiger charge is -2.23. The highest BCUT2D eigenvalue weighted by atomic mass is 32.2. The van der Waals surface area contributed by atoms with E-state index < -0.39 is 0 Å². The molecule has 0 aliphatic rings. The van der Waals surface area contributed by atoms with E-state index in [4.69, 9.17) is 0 Å². The Hall–Kier alpha value is -2.07. The molecule has 0 aromatic heterocycles. The maximum absolute atomic E-state index is 11.9. The van der Waals surface area contributed by atoms with Crippen molar-refractivity contribution in [3.8, 4) is 0 Å². The second kappa shape index (κ2) is 13.2. The Balaban J connectivity index is 0.00000158. The fraction of sp³-hybridized carbons (Fsp3) is 0.391. The normalized spacial score (nSPS) is 9.33. The third-order valence-electron chi connectivity index (χ3n) is 3.50. The number of nitrogens with zero attached hydrogens (tertiary/aromatic N) is 1. The van der Waals surface area contributed by atoms with Crippen LogP contribution < -0.4 is 4.90 Å². The number of hydrogen-bond acceptors (Lipinski definition) is 3. The van der Waals surface area contributed by atoms with Crippen LogP contribution in [0.5, 0.6) is 0 Å². The number of carbonyl (C=O) groups is 2. The lowest BCUT2D eigenvalue weighted by atomic mass is 10.1. The summed E-state index contributed by atoms with van der Waals surface area (Å²) in [5, 5.41) is 0. The first-order valence-electron chi connectivity index (χ1n) is 9.49. The van der Waals surface area contributed by atoms with Crippen molar-refractivity contribution in [2.75, 3.05) is 4.90 Å². The highest BCUT2D eigenvalue weighted by Gasteiger charge is 2.22. The van der Waals surface area contributed by atoms with Crippen LogP contribution in [0, 0.1) is 13.8 Å². The highest BCUT2D eigenvalue weighted by molar-refractivity contribution is 7.98. The fourth-order valence-corrected chi connectivity index (χ4v) is 3.76. The van der Waals surface area contributed by atoms with E-state index in [1.165, 1.54) is 24.3 Å². The van der Waals surface area contributed by atoms with E-state index in [2.05, 4.69) is 12.1 Å². The van der Waals surface area contributed by atoms with Crippen LogP contribution in [0.4, 0.5) is 5.69 Å². The van der Waals surface area contributed by atoms with Crippen LogP contribution in [0.25, 0.3) is 0 Å². The Bertz CT molecular complexity index is 713. The van der Waals surface area contributed by atoms with Crippen LogP contribution >= 0.6 is 11.8 Å². The molecule has 0 unspecified atom stereocenters. The number of benzene rings is 2. The van der Waals surface area contributed by atoms with Gasteiger partial charge in [-0.2, -0.15) is 0 Å². The zero-order valence-corrected chi connectivity index (χ0v) is 18.7. The smallest absolute Gasteiger partial charge is 0.230 e. The van der Waals surface area contributed by atoms with E-state index in [0.717, 1.165) is 21.8 Å². The Kier molecular flexibility index (Phi) is 12.1. The van der Waals surface area contributed by atoms with Gasteiger partial charge in [0.25, 0.3) is 0 Å². The summed E-state index contributed by atoms with van der Waals surface area (Å²) < 4.78 is 0. The monoisotopic (exact) mass is 387 g/mol. The second-order valence-electron chi connectivity index (χ2n) is 5.58. The van der Waals surface area contributed by atoms with E-state index in [1.54, 1.807) is 11.8 Å². The molecule has 2 aromatic carbocycles. The van der Waals surface area contributed by atoms with Gasteiger partial charge in [-0.3, -0.25) is 9.59 Å². The number of amides is 2. The lowest BCUT2D eigenvalue weighted by Crippen LogP contribution is -2.34. The van der Waals surface area contributed by atoms with Crippen molar-refractivity contribution >= 4 is 29.3 Å². The minimum Gasteiger partial charge on any atom is -0.274 e. The average Bonchev–Trinajstić information content (AvgIpc) is 2.66. The molecule has 2 rings (SSSR count). The summed E-state index contributed by atoms with van der Waals surface area (Å²) in [5.74, 6) is 0.275. The SMILES string of the molecule is CC.CC.CC(=O)N(C(C)=O)c1c(C)cc(C)cc1SCc1ccccc1. The van der Waals surface area contributed by atoms with E-state index in [0.29, 0.717) is 5.69 Å². The first-order chi connectivity index (χ1) is 12.9. The molecule has 0 aliphatic carbocycles. The van der Waals surface area contributed by atoms with Crippen LogP contribution in [0.15, 0.2) is 47.4 Å². The molecule has 0 heterocycles. The topological polar surface area (TPSA) is 37.4 Å². The Labute approximate surface area is 169 Å².